The third kappa shape index (κ3) is 7.31. The molecule has 6 nitrogen and oxygen atoms in total. The lowest BCUT2D eigenvalue weighted by molar-refractivity contribution is -0.127. The van der Waals surface area contributed by atoms with Crippen molar-refractivity contribution in [3.8, 4) is 0 Å². The highest BCUT2D eigenvalue weighted by atomic mass is 16.2. The molecule has 6 heteroatoms. The van der Waals surface area contributed by atoms with Crippen molar-refractivity contribution >= 4 is 17.6 Å². The van der Waals surface area contributed by atoms with Crippen LogP contribution in [0, 0.1) is 5.92 Å². The molecular weight excluding hydrogens is 386 g/mol. The molecule has 2 N–H and O–H groups in total. The van der Waals surface area contributed by atoms with E-state index in [2.05, 4.69) is 65.9 Å². The van der Waals surface area contributed by atoms with Crippen molar-refractivity contribution in [2.24, 2.45) is 10.9 Å². The molecule has 1 saturated heterocycles. The van der Waals surface area contributed by atoms with Crippen LogP contribution in [0.5, 0.6) is 0 Å². The van der Waals surface area contributed by atoms with Gasteiger partial charge in [0.25, 0.3) is 0 Å². The molecule has 1 aliphatic heterocycles. The summed E-state index contributed by atoms with van der Waals surface area (Å²) >= 11 is 0. The van der Waals surface area contributed by atoms with E-state index in [9.17, 15) is 4.79 Å². The van der Waals surface area contributed by atoms with Gasteiger partial charge in [-0.3, -0.25) is 9.79 Å². The van der Waals surface area contributed by atoms with Crippen LogP contribution in [0.15, 0.2) is 65.7 Å². The summed E-state index contributed by atoms with van der Waals surface area (Å²) in [7, 11) is 2.09. The number of aliphatic imine (C=N–C) groups is 1. The number of nitrogens with one attached hydrogen (secondary N) is 2. The van der Waals surface area contributed by atoms with E-state index in [1.165, 1.54) is 11.3 Å². The maximum Gasteiger partial charge on any atom is 0.223 e. The third-order valence-electron chi connectivity index (χ3n) is 5.60. The fourth-order valence-corrected chi connectivity index (χ4v) is 3.82. The summed E-state index contributed by atoms with van der Waals surface area (Å²) in [5.74, 6) is 1.35. The summed E-state index contributed by atoms with van der Waals surface area (Å²) in [4.78, 5) is 21.4. The molecule has 0 radical (unpaired) electrons. The number of carbonyl (C=O) groups excluding carboxylic acids is 1. The molecule has 1 heterocycles. The Hall–Kier alpha value is -3.02. The number of rotatable bonds is 10. The van der Waals surface area contributed by atoms with Gasteiger partial charge in [-0.1, -0.05) is 48.5 Å². The van der Waals surface area contributed by atoms with E-state index in [1.54, 1.807) is 0 Å². The number of para-hydroxylation sites is 1. The lowest BCUT2D eigenvalue weighted by atomic mass is 10.1. The largest absolute Gasteiger partial charge is 0.373 e. The highest BCUT2D eigenvalue weighted by molar-refractivity contribution is 5.80. The van der Waals surface area contributed by atoms with Gasteiger partial charge in [-0.2, -0.15) is 0 Å². The summed E-state index contributed by atoms with van der Waals surface area (Å²) in [6, 6.07) is 20.7. The Labute approximate surface area is 186 Å². The molecule has 31 heavy (non-hydrogen) atoms. The highest BCUT2D eigenvalue weighted by Gasteiger charge is 2.28. The smallest absolute Gasteiger partial charge is 0.223 e. The monoisotopic (exact) mass is 421 g/mol. The Morgan fingerprint density at radius 1 is 1.10 bits per heavy atom. The van der Waals surface area contributed by atoms with E-state index in [0.29, 0.717) is 13.0 Å². The number of hydrogen-bond acceptors (Lipinski definition) is 3. The van der Waals surface area contributed by atoms with Crippen LogP contribution in [0.3, 0.4) is 0 Å². The zero-order valence-corrected chi connectivity index (χ0v) is 18.8. The molecule has 166 valence electrons. The quantitative estimate of drug-likeness (QED) is 0.458. The fraction of sp³-hybridized carbons (Fsp3) is 0.440. The molecule has 0 spiro atoms. The Kier molecular flexibility index (Phi) is 8.76. The van der Waals surface area contributed by atoms with Gasteiger partial charge in [-0.25, -0.2) is 0 Å². The molecule has 2 aromatic rings. The van der Waals surface area contributed by atoms with Crippen molar-refractivity contribution < 1.29 is 4.79 Å². The normalized spacial score (nSPS) is 16.5. The average Bonchev–Trinajstić information content (AvgIpc) is 3.16. The number of guanidine groups is 1. The predicted molar refractivity (Wildman–Crippen MR) is 129 cm³/mol. The van der Waals surface area contributed by atoms with Gasteiger partial charge in [0.1, 0.15) is 0 Å². The topological polar surface area (TPSA) is 60.0 Å². The van der Waals surface area contributed by atoms with Gasteiger partial charge in [-0.15, -0.1) is 0 Å². The minimum absolute atomic E-state index is 0.249. The number of anilines is 1. The molecule has 2 aromatic carbocycles. The minimum atomic E-state index is 0.249. The Balaban J connectivity index is 1.43. The van der Waals surface area contributed by atoms with Crippen molar-refractivity contribution in [3.05, 3.63) is 66.2 Å². The molecule has 1 aliphatic rings. The molecule has 1 fully saturated rings. The SMILES string of the molecule is CCNC(=NCC1CC(=O)N(CCc2ccccc2)C1)NCCN(C)c1ccccc1. The van der Waals surface area contributed by atoms with Gasteiger partial charge >= 0.3 is 0 Å². The van der Waals surface area contributed by atoms with Crippen molar-refractivity contribution in [2.45, 2.75) is 19.8 Å². The van der Waals surface area contributed by atoms with Crippen molar-refractivity contribution in [1.29, 1.82) is 0 Å². The van der Waals surface area contributed by atoms with Crippen LogP contribution in [-0.4, -0.2) is 63.1 Å². The zero-order valence-electron chi connectivity index (χ0n) is 18.8. The molecule has 0 aromatic heterocycles. The van der Waals surface area contributed by atoms with E-state index < -0.39 is 0 Å². The summed E-state index contributed by atoms with van der Waals surface area (Å²) in [6.45, 7) is 6.80. The van der Waals surface area contributed by atoms with Crippen LogP contribution >= 0.6 is 0 Å². The Morgan fingerprint density at radius 3 is 2.52 bits per heavy atom. The lowest BCUT2D eigenvalue weighted by Crippen LogP contribution is -2.41. The van der Waals surface area contributed by atoms with Crippen LogP contribution in [0.2, 0.25) is 0 Å². The van der Waals surface area contributed by atoms with E-state index in [0.717, 1.165) is 45.1 Å². The van der Waals surface area contributed by atoms with Gasteiger partial charge in [0.15, 0.2) is 5.96 Å². The fourth-order valence-electron chi connectivity index (χ4n) is 3.82. The highest BCUT2D eigenvalue weighted by Crippen LogP contribution is 2.18. The Bertz CT molecular complexity index is 824. The number of hydrogen-bond donors (Lipinski definition) is 2. The number of likely N-dealkylation sites (N-methyl/N-ethyl adjacent to an activating group) is 1. The molecule has 1 atom stereocenters. The van der Waals surface area contributed by atoms with E-state index in [4.69, 9.17) is 4.99 Å². The van der Waals surface area contributed by atoms with Crippen LogP contribution in [0.1, 0.15) is 18.9 Å². The molecule has 3 rings (SSSR count). The van der Waals surface area contributed by atoms with Crippen molar-refractivity contribution in [1.82, 2.24) is 15.5 Å². The predicted octanol–water partition coefficient (Wildman–Crippen LogP) is 2.77. The molecule has 1 amide bonds. The number of carbonyl (C=O) groups is 1. The Morgan fingerprint density at radius 2 is 1.81 bits per heavy atom. The van der Waals surface area contributed by atoms with Gasteiger partial charge in [0, 0.05) is 64.3 Å². The van der Waals surface area contributed by atoms with Gasteiger partial charge in [-0.05, 0) is 31.0 Å². The van der Waals surface area contributed by atoms with Gasteiger partial charge < -0.3 is 20.4 Å². The first-order valence-electron chi connectivity index (χ1n) is 11.3. The summed E-state index contributed by atoms with van der Waals surface area (Å²) in [5.41, 5.74) is 2.47. The van der Waals surface area contributed by atoms with E-state index >= 15 is 0 Å². The minimum Gasteiger partial charge on any atom is -0.373 e. The number of benzene rings is 2. The summed E-state index contributed by atoms with van der Waals surface area (Å²) < 4.78 is 0. The first-order valence-corrected chi connectivity index (χ1v) is 11.3. The first-order chi connectivity index (χ1) is 15.2. The van der Waals surface area contributed by atoms with Crippen LogP contribution in [0.4, 0.5) is 5.69 Å². The van der Waals surface area contributed by atoms with Crippen LogP contribution in [0.25, 0.3) is 0 Å². The lowest BCUT2D eigenvalue weighted by Gasteiger charge is -2.20. The maximum atomic E-state index is 12.4. The van der Waals surface area contributed by atoms with Gasteiger partial charge in [0.05, 0.1) is 0 Å². The van der Waals surface area contributed by atoms with E-state index in [1.807, 2.05) is 29.2 Å². The number of amides is 1. The maximum absolute atomic E-state index is 12.4. The summed E-state index contributed by atoms with van der Waals surface area (Å²) in [5, 5.41) is 6.72. The standard InChI is InChI=1S/C25H35N5O/c1-3-26-25(27-15-17-29(2)23-12-8-5-9-13-23)28-19-22-18-24(31)30(20-22)16-14-21-10-6-4-7-11-21/h4-13,22H,3,14-20H2,1-2H3,(H2,26,27,28). The van der Waals surface area contributed by atoms with E-state index in [-0.39, 0.29) is 11.8 Å². The third-order valence-corrected chi connectivity index (χ3v) is 5.60. The number of likely N-dealkylation sites (tertiary alicyclic amines) is 1. The van der Waals surface area contributed by atoms with Crippen molar-refractivity contribution in [2.75, 3.05) is 51.2 Å². The van der Waals surface area contributed by atoms with Gasteiger partial charge in [0.2, 0.25) is 5.91 Å². The first kappa shape index (κ1) is 22.7. The second-order valence-corrected chi connectivity index (χ2v) is 8.05. The molecule has 1 unspecified atom stereocenters. The van der Waals surface area contributed by atoms with Crippen LogP contribution < -0.4 is 15.5 Å². The van der Waals surface area contributed by atoms with Crippen molar-refractivity contribution in [3.63, 3.8) is 0 Å². The number of nitrogens with zero attached hydrogens (tertiary/aromatic N) is 3. The average molecular weight is 422 g/mol. The molecular formula is C25H35N5O. The van der Waals surface area contributed by atoms with Crippen LogP contribution in [-0.2, 0) is 11.2 Å². The zero-order chi connectivity index (χ0) is 21.9. The molecule has 0 bridgehead atoms. The summed E-state index contributed by atoms with van der Waals surface area (Å²) in [6.07, 6.45) is 1.50. The second-order valence-electron chi connectivity index (χ2n) is 8.05. The molecule has 0 aliphatic carbocycles. The molecule has 0 saturated carbocycles. The second kappa shape index (κ2) is 12.0.